The van der Waals surface area contributed by atoms with Gasteiger partial charge in [-0.15, -0.1) is 0 Å². The molecule has 0 atom stereocenters. The third kappa shape index (κ3) is 4.50. The molecular weight excluding hydrogens is 464 g/mol. The summed E-state index contributed by atoms with van der Waals surface area (Å²) in [6.45, 7) is 2.71. The Hall–Kier alpha value is -4.11. The average Bonchev–Trinajstić information content (AvgIpc) is 3.46. The highest BCUT2D eigenvalue weighted by Crippen LogP contribution is 2.35. The zero-order valence-electron chi connectivity index (χ0n) is 19.0. The maximum Gasteiger partial charge on any atom is 0.260 e. The number of pyridine rings is 1. The molecular formula is C26H22N4O4S. The summed E-state index contributed by atoms with van der Waals surface area (Å²) < 4.78 is 6.64. The molecule has 1 saturated heterocycles. The van der Waals surface area contributed by atoms with Crippen LogP contribution in [0.5, 0.6) is 5.75 Å². The average molecular weight is 487 g/mol. The number of benzene rings is 2. The number of aromatic nitrogens is 2. The summed E-state index contributed by atoms with van der Waals surface area (Å²) in [5.74, 6) is -0.0409. The molecule has 0 N–H and O–H groups in total. The molecule has 0 aliphatic carbocycles. The third-order valence-electron chi connectivity index (χ3n) is 5.63. The van der Waals surface area contributed by atoms with Gasteiger partial charge in [0.2, 0.25) is 11.8 Å². The van der Waals surface area contributed by atoms with Gasteiger partial charge in [0.15, 0.2) is 5.13 Å². The number of anilines is 2. The van der Waals surface area contributed by atoms with Gasteiger partial charge in [0.1, 0.15) is 11.3 Å². The zero-order valence-corrected chi connectivity index (χ0v) is 19.8. The Morgan fingerprint density at radius 2 is 1.83 bits per heavy atom. The Morgan fingerprint density at radius 3 is 2.51 bits per heavy atom. The van der Waals surface area contributed by atoms with Crippen LogP contribution in [0, 0.1) is 0 Å². The van der Waals surface area contributed by atoms with Gasteiger partial charge in [-0.3, -0.25) is 29.2 Å². The summed E-state index contributed by atoms with van der Waals surface area (Å²) in [6.07, 6.45) is 3.81. The first kappa shape index (κ1) is 22.7. The van der Waals surface area contributed by atoms with E-state index in [9.17, 15) is 14.4 Å². The number of fused-ring (bicyclic) bond motifs is 1. The second-order valence-corrected chi connectivity index (χ2v) is 8.96. The lowest BCUT2D eigenvalue weighted by molar-refractivity contribution is -0.121. The zero-order chi connectivity index (χ0) is 24.4. The van der Waals surface area contributed by atoms with E-state index in [0.29, 0.717) is 34.3 Å². The van der Waals surface area contributed by atoms with Crippen LogP contribution in [-0.2, 0) is 16.1 Å². The minimum atomic E-state index is -0.253. The summed E-state index contributed by atoms with van der Waals surface area (Å²) in [5.41, 5.74) is 2.45. The summed E-state index contributed by atoms with van der Waals surface area (Å²) in [4.78, 5) is 49.5. The molecule has 1 aliphatic rings. The maximum absolute atomic E-state index is 13.7. The minimum absolute atomic E-state index is 0.208. The fourth-order valence-electron chi connectivity index (χ4n) is 3.97. The maximum atomic E-state index is 13.7. The second-order valence-electron chi connectivity index (χ2n) is 7.95. The highest BCUT2D eigenvalue weighted by atomic mass is 32.1. The lowest BCUT2D eigenvalue weighted by Crippen LogP contribution is -2.31. The van der Waals surface area contributed by atoms with Crippen molar-refractivity contribution in [3.8, 4) is 5.75 Å². The van der Waals surface area contributed by atoms with Crippen LogP contribution in [0.3, 0.4) is 0 Å². The van der Waals surface area contributed by atoms with E-state index in [0.717, 1.165) is 10.3 Å². The number of nitrogens with zero attached hydrogens (tertiary/aromatic N) is 4. The monoisotopic (exact) mass is 486 g/mol. The third-order valence-corrected chi connectivity index (χ3v) is 6.68. The van der Waals surface area contributed by atoms with Crippen LogP contribution in [-0.4, -0.2) is 34.3 Å². The van der Waals surface area contributed by atoms with Crippen molar-refractivity contribution in [2.45, 2.75) is 26.3 Å². The molecule has 2 aromatic carbocycles. The Kier molecular flexibility index (Phi) is 6.24. The van der Waals surface area contributed by atoms with Gasteiger partial charge >= 0.3 is 0 Å². The van der Waals surface area contributed by atoms with Crippen LogP contribution >= 0.6 is 11.3 Å². The topological polar surface area (TPSA) is 92.7 Å². The number of para-hydroxylation sites is 1. The largest absolute Gasteiger partial charge is 0.492 e. The molecule has 4 aromatic rings. The SMILES string of the molecule is CCOc1cccc2sc(N(Cc3cccnc3)C(=O)c3ccc(N4C(=O)CCC4=O)cc3)nc12. The smallest absolute Gasteiger partial charge is 0.260 e. The van der Waals surface area contributed by atoms with Gasteiger partial charge in [-0.25, -0.2) is 4.98 Å². The summed E-state index contributed by atoms with van der Waals surface area (Å²) in [7, 11) is 0. The Bertz CT molecular complexity index is 1390. The summed E-state index contributed by atoms with van der Waals surface area (Å²) in [6, 6.07) is 16.0. The number of carbonyl (C=O) groups excluding carboxylic acids is 3. The van der Waals surface area contributed by atoms with E-state index in [2.05, 4.69) is 4.98 Å². The van der Waals surface area contributed by atoms with E-state index in [4.69, 9.17) is 9.72 Å². The van der Waals surface area contributed by atoms with E-state index in [1.54, 1.807) is 41.6 Å². The Balaban J connectivity index is 1.50. The van der Waals surface area contributed by atoms with Crippen molar-refractivity contribution in [2.75, 3.05) is 16.4 Å². The molecule has 5 rings (SSSR count). The predicted octanol–water partition coefficient (Wildman–Crippen LogP) is 4.59. The molecule has 9 heteroatoms. The molecule has 1 fully saturated rings. The first-order valence-electron chi connectivity index (χ1n) is 11.2. The van der Waals surface area contributed by atoms with Crippen LogP contribution in [0.2, 0.25) is 0 Å². The van der Waals surface area contributed by atoms with Crippen molar-refractivity contribution in [1.29, 1.82) is 0 Å². The molecule has 3 amide bonds. The summed E-state index contributed by atoms with van der Waals surface area (Å²) in [5, 5.41) is 0.537. The number of hydrogen-bond acceptors (Lipinski definition) is 7. The molecule has 3 heterocycles. The lowest BCUT2D eigenvalue weighted by atomic mass is 10.1. The van der Waals surface area contributed by atoms with Gasteiger partial charge in [0.05, 0.1) is 23.5 Å². The van der Waals surface area contributed by atoms with Gasteiger partial charge in [0.25, 0.3) is 5.91 Å². The van der Waals surface area contributed by atoms with E-state index in [-0.39, 0.29) is 37.1 Å². The van der Waals surface area contributed by atoms with Gasteiger partial charge < -0.3 is 4.74 Å². The van der Waals surface area contributed by atoms with E-state index >= 15 is 0 Å². The van der Waals surface area contributed by atoms with Crippen LogP contribution in [0.4, 0.5) is 10.8 Å². The fraction of sp³-hybridized carbons (Fsp3) is 0.192. The Morgan fingerprint density at radius 1 is 1.06 bits per heavy atom. The molecule has 0 spiro atoms. The normalized spacial score (nSPS) is 13.5. The minimum Gasteiger partial charge on any atom is -0.492 e. The highest BCUT2D eigenvalue weighted by molar-refractivity contribution is 7.22. The van der Waals surface area contributed by atoms with Crippen LogP contribution in [0.15, 0.2) is 67.0 Å². The van der Waals surface area contributed by atoms with Crippen LogP contribution in [0.25, 0.3) is 10.2 Å². The van der Waals surface area contributed by atoms with Gasteiger partial charge in [0, 0.05) is 30.8 Å². The molecule has 0 bridgehead atoms. The molecule has 176 valence electrons. The van der Waals surface area contributed by atoms with Gasteiger partial charge in [-0.2, -0.15) is 0 Å². The number of hydrogen-bond donors (Lipinski definition) is 0. The number of imide groups is 1. The van der Waals surface area contributed by atoms with Crippen molar-refractivity contribution in [2.24, 2.45) is 0 Å². The molecule has 2 aromatic heterocycles. The molecule has 8 nitrogen and oxygen atoms in total. The summed E-state index contributed by atoms with van der Waals surface area (Å²) >= 11 is 1.41. The number of thiazole rings is 1. The first-order valence-corrected chi connectivity index (χ1v) is 12.1. The van der Waals surface area contributed by atoms with E-state index < -0.39 is 0 Å². The molecule has 0 radical (unpaired) electrons. The molecule has 0 saturated carbocycles. The van der Waals surface area contributed by atoms with Crippen molar-refractivity contribution in [1.82, 2.24) is 9.97 Å². The Labute approximate surface area is 205 Å². The van der Waals surface area contributed by atoms with Crippen LogP contribution < -0.4 is 14.5 Å². The van der Waals surface area contributed by atoms with Crippen molar-refractivity contribution >= 4 is 50.1 Å². The standard InChI is InChI=1S/C26H22N4O4S/c1-2-34-20-6-3-7-21-24(20)28-26(35-21)29(16-17-5-4-14-27-15-17)25(33)18-8-10-19(11-9-18)30-22(31)12-13-23(30)32/h3-11,14-15H,2,12-13,16H2,1H3. The van der Waals surface area contributed by atoms with E-state index in [1.165, 1.54) is 16.2 Å². The molecule has 1 aliphatic heterocycles. The second kappa shape index (κ2) is 9.63. The fourth-order valence-corrected chi connectivity index (χ4v) is 4.95. The van der Waals surface area contributed by atoms with Crippen molar-refractivity contribution in [3.63, 3.8) is 0 Å². The lowest BCUT2D eigenvalue weighted by Gasteiger charge is -2.20. The first-order chi connectivity index (χ1) is 17.0. The number of carbonyl (C=O) groups is 3. The van der Waals surface area contributed by atoms with E-state index in [1.807, 2.05) is 37.3 Å². The number of amides is 3. The highest BCUT2D eigenvalue weighted by Gasteiger charge is 2.30. The number of rotatable bonds is 7. The van der Waals surface area contributed by atoms with Gasteiger partial charge in [-0.1, -0.05) is 23.5 Å². The predicted molar refractivity (Wildman–Crippen MR) is 134 cm³/mol. The van der Waals surface area contributed by atoms with Gasteiger partial charge in [-0.05, 0) is 55.0 Å². The quantitative estimate of drug-likeness (QED) is 0.355. The van der Waals surface area contributed by atoms with Crippen molar-refractivity contribution < 1.29 is 19.1 Å². The molecule has 35 heavy (non-hydrogen) atoms. The van der Waals surface area contributed by atoms with Crippen molar-refractivity contribution in [3.05, 3.63) is 78.1 Å². The number of ether oxygens (including phenoxy) is 1. The molecule has 0 unspecified atom stereocenters. The van der Waals surface area contributed by atoms with Crippen LogP contribution in [0.1, 0.15) is 35.7 Å².